The van der Waals surface area contributed by atoms with Crippen molar-refractivity contribution in [1.29, 1.82) is 0 Å². The normalized spacial score (nSPS) is 11.0. The van der Waals surface area contributed by atoms with E-state index in [2.05, 4.69) is 31.3 Å². The molecule has 2 aromatic rings. The molecule has 0 bridgehead atoms. The van der Waals surface area contributed by atoms with Crippen molar-refractivity contribution in [1.82, 2.24) is 0 Å². The van der Waals surface area contributed by atoms with Crippen molar-refractivity contribution < 1.29 is 27.5 Å². The Bertz CT molecular complexity index is 813. The van der Waals surface area contributed by atoms with Crippen molar-refractivity contribution in [2.24, 2.45) is 0 Å². The van der Waals surface area contributed by atoms with Crippen LogP contribution in [0.3, 0.4) is 0 Å². The molecule has 5 nitrogen and oxygen atoms in total. The SMILES string of the molecule is O=C(CCl)Nc1cc(C(=O)Nc2ccc(Br)cc2)ccc1OC(F)(F)F. The van der Waals surface area contributed by atoms with Crippen LogP contribution < -0.4 is 15.4 Å². The van der Waals surface area contributed by atoms with E-state index in [4.69, 9.17) is 11.6 Å². The first kappa shape index (κ1) is 20.1. The van der Waals surface area contributed by atoms with E-state index >= 15 is 0 Å². The minimum atomic E-state index is -4.96. The largest absolute Gasteiger partial charge is 0.573 e. The molecule has 10 heteroatoms. The van der Waals surface area contributed by atoms with Gasteiger partial charge in [-0.2, -0.15) is 0 Å². The Hall–Kier alpha value is -2.26. The number of carbonyl (C=O) groups excluding carboxylic acids is 2. The summed E-state index contributed by atoms with van der Waals surface area (Å²) < 4.78 is 42.1. The molecule has 0 aliphatic heterocycles. The maximum Gasteiger partial charge on any atom is 0.573 e. The Labute approximate surface area is 159 Å². The Morgan fingerprint density at radius 1 is 1.08 bits per heavy atom. The molecule has 0 aliphatic carbocycles. The molecule has 2 aromatic carbocycles. The summed E-state index contributed by atoms with van der Waals surface area (Å²) in [4.78, 5) is 23.7. The van der Waals surface area contributed by atoms with E-state index in [0.29, 0.717) is 5.69 Å². The molecule has 0 aliphatic rings. The first-order valence-corrected chi connectivity index (χ1v) is 8.33. The second-order valence-corrected chi connectivity index (χ2v) is 6.08. The van der Waals surface area contributed by atoms with Gasteiger partial charge in [0.1, 0.15) is 5.88 Å². The smallest absolute Gasteiger partial charge is 0.404 e. The third kappa shape index (κ3) is 5.92. The fourth-order valence-corrected chi connectivity index (χ4v) is 2.23. The van der Waals surface area contributed by atoms with Gasteiger partial charge in [0.2, 0.25) is 5.91 Å². The molecule has 0 saturated heterocycles. The van der Waals surface area contributed by atoms with Gasteiger partial charge in [0.05, 0.1) is 5.69 Å². The summed E-state index contributed by atoms with van der Waals surface area (Å²) >= 11 is 8.61. The van der Waals surface area contributed by atoms with Gasteiger partial charge in [0.25, 0.3) is 5.91 Å². The number of nitrogens with one attached hydrogen (secondary N) is 2. The number of hydrogen-bond donors (Lipinski definition) is 2. The molecule has 0 unspecified atom stereocenters. The van der Waals surface area contributed by atoms with E-state index in [9.17, 15) is 22.8 Å². The van der Waals surface area contributed by atoms with Crippen molar-refractivity contribution in [2.45, 2.75) is 6.36 Å². The van der Waals surface area contributed by atoms with Gasteiger partial charge in [-0.1, -0.05) is 15.9 Å². The van der Waals surface area contributed by atoms with Crippen LogP contribution in [0, 0.1) is 0 Å². The van der Waals surface area contributed by atoms with E-state index in [1.54, 1.807) is 24.3 Å². The van der Waals surface area contributed by atoms with Crippen molar-refractivity contribution in [3.05, 3.63) is 52.5 Å². The minimum Gasteiger partial charge on any atom is -0.404 e. The van der Waals surface area contributed by atoms with Crippen LogP contribution in [0.15, 0.2) is 46.9 Å². The molecule has 2 rings (SSSR count). The van der Waals surface area contributed by atoms with Crippen LogP contribution in [-0.4, -0.2) is 24.1 Å². The lowest BCUT2D eigenvalue weighted by Crippen LogP contribution is -2.21. The summed E-state index contributed by atoms with van der Waals surface area (Å²) in [6.45, 7) is 0. The van der Waals surface area contributed by atoms with Gasteiger partial charge >= 0.3 is 6.36 Å². The van der Waals surface area contributed by atoms with Crippen LogP contribution in [0.25, 0.3) is 0 Å². The first-order chi connectivity index (χ1) is 12.2. The van der Waals surface area contributed by atoms with Crippen LogP contribution in [0.5, 0.6) is 5.75 Å². The number of amides is 2. The Kier molecular flexibility index (Phi) is 6.49. The molecule has 0 spiro atoms. The summed E-state index contributed by atoms with van der Waals surface area (Å²) in [5.74, 6) is -2.45. The standard InChI is InChI=1S/C16H11BrClF3N2O3/c17-10-2-4-11(5-3-10)22-15(25)9-1-6-13(26-16(19,20)21)12(7-9)23-14(24)8-18/h1-7H,8H2,(H,22,25)(H,23,24). The van der Waals surface area contributed by atoms with Crippen molar-refractivity contribution in [3.63, 3.8) is 0 Å². The summed E-state index contributed by atoms with van der Waals surface area (Å²) in [5, 5.41) is 4.75. The van der Waals surface area contributed by atoms with Crippen LogP contribution in [-0.2, 0) is 4.79 Å². The van der Waals surface area contributed by atoms with Crippen molar-refractivity contribution >= 4 is 50.7 Å². The number of carbonyl (C=O) groups is 2. The molecule has 0 aromatic heterocycles. The second kappa shape index (κ2) is 8.41. The molecule has 0 heterocycles. The molecule has 26 heavy (non-hydrogen) atoms. The Morgan fingerprint density at radius 2 is 1.73 bits per heavy atom. The third-order valence-electron chi connectivity index (χ3n) is 2.96. The maximum atomic E-state index is 12.5. The zero-order valence-corrected chi connectivity index (χ0v) is 15.2. The number of benzene rings is 2. The molecular formula is C16H11BrClF3N2O3. The molecule has 0 radical (unpaired) electrons. The van der Waals surface area contributed by atoms with Gasteiger partial charge in [-0.3, -0.25) is 9.59 Å². The topological polar surface area (TPSA) is 67.4 Å². The third-order valence-corrected chi connectivity index (χ3v) is 3.74. The lowest BCUT2D eigenvalue weighted by Gasteiger charge is -2.15. The van der Waals surface area contributed by atoms with Gasteiger partial charge in [-0.15, -0.1) is 24.8 Å². The lowest BCUT2D eigenvalue weighted by molar-refractivity contribution is -0.274. The van der Waals surface area contributed by atoms with E-state index < -0.39 is 29.8 Å². The zero-order chi connectivity index (χ0) is 19.3. The summed E-state index contributed by atoms with van der Waals surface area (Å²) in [5.41, 5.74) is 0.184. The van der Waals surface area contributed by atoms with Gasteiger partial charge in [0, 0.05) is 15.7 Å². The van der Waals surface area contributed by atoms with E-state index in [1.165, 1.54) is 0 Å². The number of hydrogen-bond acceptors (Lipinski definition) is 3. The Balaban J connectivity index is 2.27. The zero-order valence-electron chi connectivity index (χ0n) is 12.9. The fourth-order valence-electron chi connectivity index (χ4n) is 1.90. The highest BCUT2D eigenvalue weighted by molar-refractivity contribution is 9.10. The fraction of sp³-hybridized carbons (Fsp3) is 0.125. The summed E-state index contributed by atoms with van der Waals surface area (Å²) in [6.07, 6.45) is -4.96. The molecular weight excluding hydrogens is 441 g/mol. The first-order valence-electron chi connectivity index (χ1n) is 7.00. The summed E-state index contributed by atoms with van der Waals surface area (Å²) in [6, 6.07) is 9.85. The van der Waals surface area contributed by atoms with E-state index in [-0.39, 0.29) is 11.3 Å². The molecule has 0 saturated carbocycles. The number of halogens is 5. The average Bonchev–Trinajstić information content (AvgIpc) is 2.57. The number of rotatable bonds is 5. The van der Waals surface area contributed by atoms with Crippen LogP contribution in [0.1, 0.15) is 10.4 Å². The number of ether oxygens (including phenoxy) is 1. The van der Waals surface area contributed by atoms with E-state index in [1.807, 2.05) is 0 Å². The summed E-state index contributed by atoms with van der Waals surface area (Å²) in [7, 11) is 0. The highest BCUT2D eigenvalue weighted by Crippen LogP contribution is 2.31. The van der Waals surface area contributed by atoms with Crippen LogP contribution >= 0.6 is 27.5 Å². The molecule has 0 atom stereocenters. The molecule has 2 amide bonds. The molecule has 2 N–H and O–H groups in total. The van der Waals surface area contributed by atoms with Crippen molar-refractivity contribution in [3.8, 4) is 5.75 Å². The number of alkyl halides is 4. The van der Waals surface area contributed by atoms with Gasteiger partial charge in [-0.25, -0.2) is 0 Å². The predicted octanol–water partition coefficient (Wildman–Crippen LogP) is 4.78. The minimum absolute atomic E-state index is 0.0207. The van der Waals surface area contributed by atoms with Crippen LogP contribution in [0.2, 0.25) is 0 Å². The van der Waals surface area contributed by atoms with E-state index in [0.717, 1.165) is 22.7 Å². The van der Waals surface area contributed by atoms with Crippen LogP contribution in [0.4, 0.5) is 24.5 Å². The van der Waals surface area contributed by atoms with Gasteiger partial charge in [0.15, 0.2) is 5.75 Å². The highest BCUT2D eigenvalue weighted by Gasteiger charge is 2.32. The average molecular weight is 452 g/mol. The maximum absolute atomic E-state index is 12.5. The molecule has 138 valence electrons. The van der Waals surface area contributed by atoms with Gasteiger partial charge in [-0.05, 0) is 42.5 Å². The quantitative estimate of drug-likeness (QED) is 0.643. The lowest BCUT2D eigenvalue weighted by atomic mass is 10.1. The Morgan fingerprint density at radius 3 is 2.31 bits per heavy atom. The van der Waals surface area contributed by atoms with Crippen molar-refractivity contribution in [2.75, 3.05) is 16.5 Å². The second-order valence-electron chi connectivity index (χ2n) is 4.90. The predicted molar refractivity (Wildman–Crippen MR) is 94.6 cm³/mol. The number of anilines is 2. The monoisotopic (exact) mass is 450 g/mol. The highest BCUT2D eigenvalue weighted by atomic mass is 79.9. The van der Waals surface area contributed by atoms with Gasteiger partial charge < -0.3 is 15.4 Å². The molecule has 0 fully saturated rings.